The monoisotopic (exact) mass is 342 g/mol. The minimum Gasteiger partial charge on any atom is -0.482 e. The third kappa shape index (κ3) is 4.15. The molecule has 2 aromatic heterocycles. The number of hydrogen-bond acceptors (Lipinski definition) is 6. The van der Waals surface area contributed by atoms with Crippen LogP contribution in [0.4, 0.5) is 0 Å². The van der Waals surface area contributed by atoms with E-state index >= 15 is 0 Å². The Bertz CT molecular complexity index is 714. The molecule has 0 spiro atoms. The van der Waals surface area contributed by atoms with Gasteiger partial charge in [-0.05, 0) is 43.7 Å². The summed E-state index contributed by atoms with van der Waals surface area (Å²) in [4.78, 5) is 22.8. The van der Waals surface area contributed by atoms with E-state index in [9.17, 15) is 4.79 Å². The minimum absolute atomic E-state index is 0.0118. The van der Waals surface area contributed by atoms with Crippen molar-refractivity contribution in [3.63, 3.8) is 0 Å². The maximum absolute atomic E-state index is 12.4. The molecule has 1 atom stereocenters. The minimum atomic E-state index is 0.0118. The lowest BCUT2D eigenvalue weighted by molar-refractivity contribution is -0.135. The third-order valence-corrected chi connectivity index (χ3v) is 4.76. The summed E-state index contributed by atoms with van der Waals surface area (Å²) in [6.07, 6.45) is 8.44. The van der Waals surface area contributed by atoms with E-state index in [4.69, 9.17) is 9.26 Å². The molecule has 1 amide bonds. The predicted octanol–water partition coefficient (Wildman–Crippen LogP) is 2.20. The smallest absolute Gasteiger partial charge is 0.260 e. The number of hydrogen-bond donors (Lipinski definition) is 0. The van der Waals surface area contributed by atoms with Gasteiger partial charge < -0.3 is 14.2 Å². The number of nitrogens with zero attached hydrogens (tertiary/aromatic N) is 4. The zero-order valence-corrected chi connectivity index (χ0v) is 14.1. The summed E-state index contributed by atoms with van der Waals surface area (Å²) < 4.78 is 10.9. The Morgan fingerprint density at radius 1 is 1.36 bits per heavy atom. The SMILES string of the molecule is O=C(COc1cccnc1)N1CCCC(Cc2nc(C3CC3)no2)C1. The highest BCUT2D eigenvalue weighted by Gasteiger charge is 2.30. The number of piperidine rings is 1. The van der Waals surface area contributed by atoms with Gasteiger partial charge >= 0.3 is 0 Å². The topological polar surface area (TPSA) is 81.4 Å². The van der Waals surface area contributed by atoms with Crippen molar-refractivity contribution in [1.29, 1.82) is 0 Å². The van der Waals surface area contributed by atoms with Gasteiger partial charge in [-0.3, -0.25) is 9.78 Å². The van der Waals surface area contributed by atoms with Crippen LogP contribution in [-0.2, 0) is 11.2 Å². The summed E-state index contributed by atoms with van der Waals surface area (Å²) in [5, 5.41) is 4.07. The Morgan fingerprint density at radius 2 is 2.28 bits per heavy atom. The van der Waals surface area contributed by atoms with Gasteiger partial charge in [0.2, 0.25) is 5.89 Å². The standard InChI is InChI=1S/C18H22N4O3/c23-17(12-24-15-4-1-7-19-10-15)22-8-2-3-13(11-22)9-16-20-18(21-25-16)14-5-6-14/h1,4,7,10,13-14H,2-3,5-6,8-9,11-12H2. The van der Waals surface area contributed by atoms with E-state index in [1.807, 2.05) is 4.90 Å². The maximum Gasteiger partial charge on any atom is 0.260 e. The van der Waals surface area contributed by atoms with Gasteiger partial charge in [0.25, 0.3) is 5.91 Å². The quantitative estimate of drug-likeness (QED) is 0.800. The number of ether oxygens (including phenoxy) is 1. The molecule has 2 aliphatic rings. The highest BCUT2D eigenvalue weighted by Crippen LogP contribution is 2.38. The zero-order valence-electron chi connectivity index (χ0n) is 14.1. The van der Waals surface area contributed by atoms with Crippen molar-refractivity contribution < 1.29 is 14.1 Å². The number of aromatic nitrogens is 3. The van der Waals surface area contributed by atoms with Crippen molar-refractivity contribution in [2.24, 2.45) is 5.92 Å². The van der Waals surface area contributed by atoms with Gasteiger partial charge in [0, 0.05) is 31.6 Å². The molecule has 7 nitrogen and oxygen atoms in total. The Kier molecular flexibility index (Phi) is 4.63. The summed E-state index contributed by atoms with van der Waals surface area (Å²) in [5.41, 5.74) is 0. The molecule has 3 heterocycles. The van der Waals surface area contributed by atoms with Crippen molar-refractivity contribution in [1.82, 2.24) is 20.0 Å². The Morgan fingerprint density at radius 3 is 3.08 bits per heavy atom. The molecule has 1 saturated carbocycles. The van der Waals surface area contributed by atoms with E-state index in [1.165, 1.54) is 12.8 Å². The molecule has 1 saturated heterocycles. The van der Waals surface area contributed by atoms with Gasteiger partial charge in [0.15, 0.2) is 12.4 Å². The summed E-state index contributed by atoms with van der Waals surface area (Å²) in [6, 6.07) is 3.59. The van der Waals surface area contributed by atoms with Crippen LogP contribution in [0.5, 0.6) is 5.75 Å². The predicted molar refractivity (Wildman–Crippen MR) is 89.0 cm³/mol. The first-order chi connectivity index (χ1) is 12.3. The first kappa shape index (κ1) is 16.1. The number of rotatable bonds is 6. The Hall–Kier alpha value is -2.44. The molecular formula is C18H22N4O3. The molecule has 132 valence electrons. The number of carbonyl (C=O) groups is 1. The molecule has 1 aliphatic heterocycles. The molecule has 2 fully saturated rings. The highest BCUT2D eigenvalue weighted by molar-refractivity contribution is 5.77. The second-order valence-electron chi connectivity index (χ2n) is 6.85. The van der Waals surface area contributed by atoms with Crippen molar-refractivity contribution in [2.45, 2.75) is 38.0 Å². The number of carbonyl (C=O) groups excluding carboxylic acids is 1. The van der Waals surface area contributed by atoms with Crippen LogP contribution in [-0.4, -0.2) is 45.6 Å². The first-order valence-corrected chi connectivity index (χ1v) is 8.91. The van der Waals surface area contributed by atoms with E-state index in [0.717, 1.165) is 38.2 Å². The van der Waals surface area contributed by atoms with Gasteiger partial charge in [-0.2, -0.15) is 4.98 Å². The van der Waals surface area contributed by atoms with Crippen LogP contribution in [0.15, 0.2) is 29.0 Å². The fraction of sp³-hybridized carbons (Fsp3) is 0.556. The van der Waals surface area contributed by atoms with Crippen LogP contribution in [0.25, 0.3) is 0 Å². The number of pyridine rings is 1. The van der Waals surface area contributed by atoms with Crippen molar-refractivity contribution >= 4 is 5.91 Å². The molecule has 4 rings (SSSR count). The second kappa shape index (κ2) is 7.21. The molecular weight excluding hydrogens is 320 g/mol. The Labute approximate surface area is 146 Å². The lowest BCUT2D eigenvalue weighted by Gasteiger charge is -2.32. The average molecular weight is 342 g/mol. The van der Waals surface area contributed by atoms with E-state index in [0.29, 0.717) is 23.5 Å². The largest absolute Gasteiger partial charge is 0.482 e. The normalized spacial score (nSPS) is 20.5. The van der Waals surface area contributed by atoms with Gasteiger partial charge in [-0.15, -0.1) is 0 Å². The van der Waals surface area contributed by atoms with Crippen LogP contribution < -0.4 is 4.74 Å². The third-order valence-electron chi connectivity index (χ3n) is 4.76. The lowest BCUT2D eigenvalue weighted by atomic mass is 9.95. The number of amides is 1. The van der Waals surface area contributed by atoms with Crippen LogP contribution >= 0.6 is 0 Å². The highest BCUT2D eigenvalue weighted by atomic mass is 16.5. The van der Waals surface area contributed by atoms with Gasteiger partial charge in [0.05, 0.1) is 6.20 Å². The van der Waals surface area contributed by atoms with Crippen LogP contribution in [0, 0.1) is 5.92 Å². The van der Waals surface area contributed by atoms with Gasteiger partial charge in [0.1, 0.15) is 5.75 Å². The van der Waals surface area contributed by atoms with Crippen LogP contribution in [0.1, 0.15) is 43.3 Å². The molecule has 0 N–H and O–H groups in total. The first-order valence-electron chi connectivity index (χ1n) is 8.91. The van der Waals surface area contributed by atoms with E-state index in [2.05, 4.69) is 15.1 Å². The van der Waals surface area contributed by atoms with Crippen molar-refractivity contribution in [3.8, 4) is 5.75 Å². The fourth-order valence-electron chi connectivity index (χ4n) is 3.23. The molecule has 0 aromatic carbocycles. The summed E-state index contributed by atoms with van der Waals surface area (Å²) in [6.45, 7) is 1.55. The molecule has 1 unspecified atom stereocenters. The van der Waals surface area contributed by atoms with E-state index < -0.39 is 0 Å². The zero-order chi connectivity index (χ0) is 17.1. The van der Waals surface area contributed by atoms with E-state index in [-0.39, 0.29) is 12.5 Å². The van der Waals surface area contributed by atoms with E-state index in [1.54, 1.807) is 24.5 Å². The van der Waals surface area contributed by atoms with Crippen molar-refractivity contribution in [3.05, 3.63) is 36.2 Å². The molecule has 1 aliphatic carbocycles. The second-order valence-corrected chi connectivity index (χ2v) is 6.85. The van der Waals surface area contributed by atoms with Crippen LogP contribution in [0.3, 0.4) is 0 Å². The summed E-state index contributed by atoms with van der Waals surface area (Å²) in [7, 11) is 0. The molecule has 2 aromatic rings. The maximum atomic E-state index is 12.4. The van der Waals surface area contributed by atoms with Gasteiger partial charge in [-0.1, -0.05) is 5.16 Å². The molecule has 0 bridgehead atoms. The molecule has 25 heavy (non-hydrogen) atoms. The van der Waals surface area contributed by atoms with Crippen LogP contribution in [0.2, 0.25) is 0 Å². The average Bonchev–Trinajstić information content (AvgIpc) is 3.40. The molecule has 0 radical (unpaired) electrons. The summed E-state index contributed by atoms with van der Waals surface area (Å²) >= 11 is 0. The summed E-state index contributed by atoms with van der Waals surface area (Å²) in [5.74, 6) is 3.05. The molecule has 7 heteroatoms. The fourth-order valence-corrected chi connectivity index (χ4v) is 3.23. The van der Waals surface area contributed by atoms with Crippen molar-refractivity contribution in [2.75, 3.05) is 19.7 Å². The Balaban J connectivity index is 1.28. The lowest BCUT2D eigenvalue weighted by Crippen LogP contribution is -2.42. The van der Waals surface area contributed by atoms with Gasteiger partial charge in [-0.25, -0.2) is 0 Å². The number of likely N-dealkylation sites (tertiary alicyclic amines) is 1.